The molecule has 142 valence electrons. The molecule has 1 atom stereocenters. The molecular formula is C19H26ClN3O3. The van der Waals surface area contributed by atoms with Crippen LogP contribution in [0.2, 0.25) is 5.02 Å². The predicted octanol–water partition coefficient (Wildman–Crippen LogP) is 3.21. The first-order valence-corrected chi connectivity index (χ1v) is 9.53. The van der Waals surface area contributed by atoms with Gasteiger partial charge in [-0.2, -0.15) is 0 Å². The quantitative estimate of drug-likeness (QED) is 0.796. The van der Waals surface area contributed by atoms with Gasteiger partial charge < -0.3 is 15.5 Å². The summed E-state index contributed by atoms with van der Waals surface area (Å²) >= 11 is 6.20. The summed E-state index contributed by atoms with van der Waals surface area (Å²) in [6.45, 7) is 4.96. The Hall–Kier alpha value is -2.08. The number of amides is 3. The minimum atomic E-state index is -0.456. The molecule has 0 aliphatic carbocycles. The van der Waals surface area contributed by atoms with Crippen molar-refractivity contribution in [2.45, 2.75) is 52.0 Å². The maximum atomic E-state index is 12.6. The molecule has 2 N–H and O–H groups in total. The van der Waals surface area contributed by atoms with Crippen LogP contribution in [0, 0.1) is 0 Å². The Balaban J connectivity index is 2.07. The summed E-state index contributed by atoms with van der Waals surface area (Å²) < 4.78 is 0. The van der Waals surface area contributed by atoms with Gasteiger partial charge in [0.05, 0.1) is 10.6 Å². The van der Waals surface area contributed by atoms with E-state index in [1.807, 2.05) is 6.92 Å². The molecule has 0 bridgehead atoms. The van der Waals surface area contributed by atoms with Gasteiger partial charge in [-0.25, -0.2) is 0 Å². The fourth-order valence-electron chi connectivity index (χ4n) is 3.04. The number of nitrogens with zero attached hydrogens (tertiary/aromatic N) is 1. The van der Waals surface area contributed by atoms with Gasteiger partial charge in [0, 0.05) is 25.2 Å². The molecule has 0 radical (unpaired) electrons. The van der Waals surface area contributed by atoms with Gasteiger partial charge >= 0.3 is 0 Å². The van der Waals surface area contributed by atoms with Crippen molar-refractivity contribution in [3.8, 4) is 0 Å². The van der Waals surface area contributed by atoms with Crippen molar-refractivity contribution >= 4 is 35.0 Å². The molecule has 1 aliphatic rings. The Labute approximate surface area is 159 Å². The molecule has 1 saturated heterocycles. The highest BCUT2D eigenvalue weighted by molar-refractivity contribution is 6.34. The smallest absolute Gasteiger partial charge is 0.252 e. The van der Waals surface area contributed by atoms with Crippen LogP contribution in [0.1, 0.15) is 56.3 Å². The van der Waals surface area contributed by atoms with E-state index in [4.69, 9.17) is 11.6 Å². The molecule has 0 aromatic heterocycles. The second-order valence-electron chi connectivity index (χ2n) is 6.39. The summed E-state index contributed by atoms with van der Waals surface area (Å²) in [7, 11) is 0. The lowest BCUT2D eigenvalue weighted by atomic mass is 10.0. The molecule has 26 heavy (non-hydrogen) atoms. The molecule has 1 fully saturated rings. The van der Waals surface area contributed by atoms with Crippen LogP contribution in [0.3, 0.4) is 0 Å². The number of hydrogen-bond donors (Lipinski definition) is 2. The Morgan fingerprint density at radius 1 is 1.23 bits per heavy atom. The summed E-state index contributed by atoms with van der Waals surface area (Å²) in [5.41, 5.74) is 0.889. The molecular weight excluding hydrogens is 354 g/mol. The lowest BCUT2D eigenvalue weighted by Crippen LogP contribution is -2.49. The number of anilines is 1. The topological polar surface area (TPSA) is 78.5 Å². The normalized spacial score (nSPS) is 16.9. The average Bonchev–Trinajstić information content (AvgIpc) is 2.65. The van der Waals surface area contributed by atoms with Gasteiger partial charge in [0.1, 0.15) is 6.04 Å². The predicted molar refractivity (Wildman–Crippen MR) is 102 cm³/mol. The van der Waals surface area contributed by atoms with E-state index < -0.39 is 6.04 Å². The number of hydrogen-bond acceptors (Lipinski definition) is 3. The molecule has 0 spiro atoms. The average molecular weight is 380 g/mol. The summed E-state index contributed by atoms with van der Waals surface area (Å²) in [5, 5.41) is 5.87. The SMILES string of the molecule is CCCNC(=O)c1ccc(NC(=O)C2CCCCN2C(=O)CC)cc1Cl. The molecule has 1 unspecified atom stereocenters. The molecule has 6 nitrogen and oxygen atoms in total. The number of piperidine rings is 1. The van der Waals surface area contributed by atoms with Crippen LogP contribution < -0.4 is 10.6 Å². The standard InChI is InChI=1S/C19H26ClN3O3/c1-3-10-21-18(25)14-9-8-13(12-15(14)20)22-19(26)16-7-5-6-11-23(16)17(24)4-2/h8-9,12,16H,3-7,10-11H2,1-2H3,(H,21,25)(H,22,26). The zero-order valence-corrected chi connectivity index (χ0v) is 16.1. The largest absolute Gasteiger partial charge is 0.352 e. The summed E-state index contributed by atoms with van der Waals surface area (Å²) in [6, 6.07) is 4.36. The minimum absolute atomic E-state index is 0.00849. The highest BCUT2D eigenvalue weighted by atomic mass is 35.5. The van der Waals surface area contributed by atoms with E-state index in [0.29, 0.717) is 37.2 Å². The first kappa shape index (κ1) is 20.2. The van der Waals surface area contributed by atoms with Crippen LogP contribution in [-0.4, -0.2) is 41.8 Å². The monoisotopic (exact) mass is 379 g/mol. The van der Waals surface area contributed by atoms with Crippen molar-refractivity contribution in [2.75, 3.05) is 18.4 Å². The van der Waals surface area contributed by atoms with Crippen LogP contribution in [0.4, 0.5) is 5.69 Å². The Bertz CT molecular complexity index is 678. The maximum Gasteiger partial charge on any atom is 0.252 e. The van der Waals surface area contributed by atoms with E-state index in [9.17, 15) is 14.4 Å². The molecule has 0 saturated carbocycles. The zero-order valence-electron chi connectivity index (χ0n) is 15.3. The third-order valence-corrected chi connectivity index (χ3v) is 4.76. The summed E-state index contributed by atoms with van der Waals surface area (Å²) in [6.07, 6.45) is 3.72. The van der Waals surface area contributed by atoms with Gasteiger partial charge in [-0.3, -0.25) is 14.4 Å². The molecule has 3 amide bonds. The van der Waals surface area contributed by atoms with E-state index in [2.05, 4.69) is 10.6 Å². The van der Waals surface area contributed by atoms with Crippen LogP contribution in [-0.2, 0) is 9.59 Å². The van der Waals surface area contributed by atoms with E-state index in [1.165, 1.54) is 0 Å². The minimum Gasteiger partial charge on any atom is -0.352 e. The molecule has 2 rings (SSSR count). The Kier molecular flexibility index (Phi) is 7.45. The van der Waals surface area contributed by atoms with Gasteiger partial charge in [0.2, 0.25) is 11.8 Å². The number of carbonyl (C=O) groups excluding carboxylic acids is 3. The van der Waals surface area contributed by atoms with Gasteiger partial charge in [-0.05, 0) is 43.9 Å². The molecule has 1 aromatic carbocycles. The summed E-state index contributed by atoms with van der Waals surface area (Å²) in [5.74, 6) is -0.460. The van der Waals surface area contributed by atoms with E-state index in [1.54, 1.807) is 30.0 Å². The van der Waals surface area contributed by atoms with Crippen molar-refractivity contribution in [1.29, 1.82) is 0 Å². The number of likely N-dealkylation sites (tertiary alicyclic amines) is 1. The van der Waals surface area contributed by atoms with Crippen molar-refractivity contribution < 1.29 is 14.4 Å². The third-order valence-electron chi connectivity index (χ3n) is 4.45. The number of rotatable bonds is 6. The van der Waals surface area contributed by atoms with Crippen molar-refractivity contribution in [3.63, 3.8) is 0 Å². The van der Waals surface area contributed by atoms with E-state index in [-0.39, 0.29) is 22.7 Å². The lowest BCUT2D eigenvalue weighted by molar-refractivity contribution is -0.140. The highest BCUT2D eigenvalue weighted by Gasteiger charge is 2.31. The van der Waals surface area contributed by atoms with Gasteiger partial charge in [-0.1, -0.05) is 25.4 Å². The Morgan fingerprint density at radius 3 is 2.65 bits per heavy atom. The highest BCUT2D eigenvalue weighted by Crippen LogP contribution is 2.23. The van der Waals surface area contributed by atoms with E-state index in [0.717, 1.165) is 19.3 Å². The van der Waals surface area contributed by atoms with Crippen LogP contribution in [0.5, 0.6) is 0 Å². The fourth-order valence-corrected chi connectivity index (χ4v) is 3.31. The lowest BCUT2D eigenvalue weighted by Gasteiger charge is -2.34. The Morgan fingerprint density at radius 2 is 2.00 bits per heavy atom. The second kappa shape index (κ2) is 9.57. The van der Waals surface area contributed by atoms with Crippen molar-refractivity contribution in [2.24, 2.45) is 0 Å². The number of halogens is 1. The maximum absolute atomic E-state index is 12.6. The van der Waals surface area contributed by atoms with Crippen molar-refractivity contribution in [3.05, 3.63) is 28.8 Å². The van der Waals surface area contributed by atoms with Crippen LogP contribution in [0.25, 0.3) is 0 Å². The second-order valence-corrected chi connectivity index (χ2v) is 6.80. The fraction of sp³-hybridized carbons (Fsp3) is 0.526. The van der Waals surface area contributed by atoms with E-state index >= 15 is 0 Å². The van der Waals surface area contributed by atoms with Gasteiger partial charge in [-0.15, -0.1) is 0 Å². The van der Waals surface area contributed by atoms with Crippen molar-refractivity contribution in [1.82, 2.24) is 10.2 Å². The molecule has 7 heteroatoms. The molecule has 1 heterocycles. The molecule has 1 aromatic rings. The van der Waals surface area contributed by atoms with Crippen LogP contribution >= 0.6 is 11.6 Å². The van der Waals surface area contributed by atoms with Gasteiger partial charge in [0.15, 0.2) is 0 Å². The number of carbonyl (C=O) groups is 3. The van der Waals surface area contributed by atoms with Gasteiger partial charge in [0.25, 0.3) is 5.91 Å². The first-order chi connectivity index (χ1) is 12.5. The number of benzene rings is 1. The third kappa shape index (κ3) is 4.97. The molecule has 1 aliphatic heterocycles. The summed E-state index contributed by atoms with van der Waals surface area (Å²) in [4.78, 5) is 38.4. The first-order valence-electron chi connectivity index (χ1n) is 9.16. The zero-order chi connectivity index (χ0) is 19.1. The number of nitrogens with one attached hydrogen (secondary N) is 2. The van der Waals surface area contributed by atoms with Crippen LogP contribution in [0.15, 0.2) is 18.2 Å².